The molecule has 13 heavy (non-hydrogen) atoms. The van der Waals surface area contributed by atoms with Gasteiger partial charge in [-0.25, -0.2) is 0 Å². The average Bonchev–Trinajstić information content (AvgIpc) is 2.20. The maximum atomic E-state index is 2.46. The Morgan fingerprint density at radius 1 is 1.08 bits per heavy atom. The lowest BCUT2D eigenvalue weighted by Crippen LogP contribution is -2.26. The van der Waals surface area contributed by atoms with Crippen molar-refractivity contribution in [3.63, 3.8) is 0 Å². The molecular weight excluding hydrogens is 157 g/mol. The summed E-state index contributed by atoms with van der Waals surface area (Å²) in [6.45, 7) is 2.38. The van der Waals surface area contributed by atoms with Gasteiger partial charge in [0.15, 0.2) is 7.98 Å². The minimum Gasteiger partial charge on any atom is -0.345 e. The molecule has 0 aromatic carbocycles. The molecule has 0 N–H and O–H groups in total. The lowest BCUT2D eigenvalue weighted by molar-refractivity contribution is 0.480. The minimum absolute atomic E-state index is 1.15. The number of rotatable bonds is 1. The van der Waals surface area contributed by atoms with Gasteiger partial charge in [0.1, 0.15) is 0 Å². The SMILES string of the molecule is BN1CC=C(C2=CCCCC2)CC1. The molecule has 0 amide bonds. The first kappa shape index (κ1) is 9.08. The van der Waals surface area contributed by atoms with E-state index in [1.807, 2.05) is 0 Å². The second kappa shape index (κ2) is 4.14. The van der Waals surface area contributed by atoms with Crippen LogP contribution in [0.3, 0.4) is 0 Å². The van der Waals surface area contributed by atoms with Gasteiger partial charge in [0, 0.05) is 6.54 Å². The van der Waals surface area contributed by atoms with Gasteiger partial charge in [-0.2, -0.15) is 0 Å². The van der Waals surface area contributed by atoms with Crippen molar-refractivity contribution >= 4 is 7.98 Å². The van der Waals surface area contributed by atoms with Gasteiger partial charge in [-0.1, -0.05) is 12.2 Å². The van der Waals surface area contributed by atoms with Gasteiger partial charge in [0.05, 0.1) is 0 Å². The van der Waals surface area contributed by atoms with Gasteiger partial charge >= 0.3 is 0 Å². The molecule has 0 saturated carbocycles. The minimum atomic E-state index is 1.15. The van der Waals surface area contributed by atoms with E-state index in [9.17, 15) is 0 Å². The summed E-state index contributed by atoms with van der Waals surface area (Å²) in [5.74, 6) is 0. The summed E-state index contributed by atoms with van der Waals surface area (Å²) in [4.78, 5) is 2.38. The third kappa shape index (κ3) is 2.25. The molecule has 0 unspecified atom stereocenters. The molecule has 1 heterocycles. The van der Waals surface area contributed by atoms with E-state index in [2.05, 4.69) is 24.9 Å². The Morgan fingerprint density at radius 2 is 1.92 bits per heavy atom. The second-order valence-corrected chi connectivity index (χ2v) is 4.22. The predicted molar refractivity (Wildman–Crippen MR) is 59.4 cm³/mol. The molecule has 0 saturated heterocycles. The van der Waals surface area contributed by atoms with Crippen molar-refractivity contribution in [1.82, 2.24) is 4.81 Å². The Labute approximate surface area is 81.9 Å². The molecule has 0 spiro atoms. The number of hydrogen-bond acceptors (Lipinski definition) is 1. The normalized spacial score (nSPS) is 25.2. The van der Waals surface area contributed by atoms with Crippen molar-refractivity contribution < 1.29 is 0 Å². The lowest BCUT2D eigenvalue weighted by atomic mass is 9.90. The van der Waals surface area contributed by atoms with Gasteiger partial charge in [0.2, 0.25) is 0 Å². The fourth-order valence-electron chi connectivity index (χ4n) is 2.19. The van der Waals surface area contributed by atoms with Crippen LogP contribution in [0, 0.1) is 0 Å². The van der Waals surface area contributed by atoms with E-state index in [1.165, 1.54) is 38.6 Å². The summed E-state index contributed by atoms with van der Waals surface area (Å²) >= 11 is 0. The molecule has 2 aliphatic rings. The monoisotopic (exact) mass is 175 g/mol. The van der Waals surface area contributed by atoms with Crippen LogP contribution in [-0.4, -0.2) is 25.9 Å². The van der Waals surface area contributed by atoms with E-state index in [0.29, 0.717) is 0 Å². The Bertz CT molecular complexity index is 242. The van der Waals surface area contributed by atoms with E-state index in [1.54, 1.807) is 11.1 Å². The van der Waals surface area contributed by atoms with Gasteiger partial charge in [-0.3, -0.25) is 0 Å². The summed E-state index contributed by atoms with van der Waals surface area (Å²) < 4.78 is 0. The predicted octanol–water partition coefficient (Wildman–Crippen LogP) is 1.67. The highest BCUT2D eigenvalue weighted by atomic mass is 15.0. The number of nitrogens with zero attached hydrogens (tertiary/aromatic N) is 1. The Kier molecular flexibility index (Phi) is 2.89. The molecule has 0 aromatic heterocycles. The van der Waals surface area contributed by atoms with Crippen molar-refractivity contribution in [2.45, 2.75) is 32.1 Å². The highest BCUT2D eigenvalue weighted by Crippen LogP contribution is 2.27. The van der Waals surface area contributed by atoms with Crippen LogP contribution < -0.4 is 0 Å². The van der Waals surface area contributed by atoms with Crippen LogP contribution in [0.4, 0.5) is 0 Å². The highest BCUT2D eigenvalue weighted by molar-refractivity contribution is 6.04. The lowest BCUT2D eigenvalue weighted by Gasteiger charge is -2.25. The molecular formula is C11H18BN. The first-order valence-electron chi connectivity index (χ1n) is 5.43. The molecule has 2 rings (SSSR count). The van der Waals surface area contributed by atoms with Crippen LogP contribution in [-0.2, 0) is 0 Å². The first-order valence-corrected chi connectivity index (χ1v) is 5.43. The molecule has 0 atom stereocenters. The van der Waals surface area contributed by atoms with Gasteiger partial charge in [0.25, 0.3) is 0 Å². The van der Waals surface area contributed by atoms with E-state index >= 15 is 0 Å². The van der Waals surface area contributed by atoms with Crippen molar-refractivity contribution in [1.29, 1.82) is 0 Å². The van der Waals surface area contributed by atoms with E-state index in [4.69, 9.17) is 0 Å². The van der Waals surface area contributed by atoms with Gasteiger partial charge in [-0.15, -0.1) is 0 Å². The standard InChI is InChI=1S/C11H18BN/c12-13-8-6-11(7-9-13)10-4-2-1-3-5-10/h4,6H,1-3,5,7-9,12H2. The van der Waals surface area contributed by atoms with Crippen molar-refractivity contribution in [3.05, 3.63) is 23.3 Å². The maximum absolute atomic E-state index is 2.46. The zero-order chi connectivity index (χ0) is 9.10. The van der Waals surface area contributed by atoms with Crippen molar-refractivity contribution in [2.75, 3.05) is 13.1 Å². The number of allylic oxidation sites excluding steroid dienone is 2. The van der Waals surface area contributed by atoms with Crippen LogP contribution in [0.25, 0.3) is 0 Å². The first-order chi connectivity index (χ1) is 6.36. The quantitative estimate of drug-likeness (QED) is 0.548. The maximum Gasteiger partial charge on any atom is 0.185 e. The van der Waals surface area contributed by atoms with Gasteiger partial charge < -0.3 is 4.81 Å². The average molecular weight is 175 g/mol. The smallest absolute Gasteiger partial charge is 0.185 e. The fourth-order valence-corrected chi connectivity index (χ4v) is 2.19. The van der Waals surface area contributed by atoms with E-state index in [-0.39, 0.29) is 0 Å². The Hall–Kier alpha value is -0.495. The summed E-state index contributed by atoms with van der Waals surface area (Å²) in [5, 5.41) is 0. The Balaban J connectivity index is 2.03. The summed E-state index contributed by atoms with van der Waals surface area (Å²) in [7, 11) is 2.20. The molecule has 0 radical (unpaired) electrons. The van der Waals surface area contributed by atoms with Crippen LogP contribution in [0.1, 0.15) is 32.1 Å². The molecule has 1 aliphatic heterocycles. The van der Waals surface area contributed by atoms with Gasteiger partial charge in [-0.05, 0) is 49.8 Å². The largest absolute Gasteiger partial charge is 0.345 e. The molecule has 1 nitrogen and oxygen atoms in total. The molecule has 1 aliphatic carbocycles. The van der Waals surface area contributed by atoms with Crippen molar-refractivity contribution in [2.24, 2.45) is 0 Å². The van der Waals surface area contributed by atoms with Crippen LogP contribution in [0.15, 0.2) is 23.3 Å². The third-order valence-corrected chi connectivity index (χ3v) is 3.12. The van der Waals surface area contributed by atoms with E-state index in [0.717, 1.165) is 6.54 Å². The van der Waals surface area contributed by atoms with Crippen LogP contribution >= 0.6 is 0 Å². The molecule has 0 bridgehead atoms. The van der Waals surface area contributed by atoms with Crippen LogP contribution in [0.2, 0.25) is 0 Å². The molecule has 0 fully saturated rings. The molecule has 2 heteroatoms. The van der Waals surface area contributed by atoms with Crippen molar-refractivity contribution in [3.8, 4) is 0 Å². The van der Waals surface area contributed by atoms with Crippen LogP contribution in [0.5, 0.6) is 0 Å². The fraction of sp³-hybridized carbons (Fsp3) is 0.636. The zero-order valence-electron chi connectivity index (χ0n) is 8.55. The molecule has 0 aromatic rings. The van der Waals surface area contributed by atoms with E-state index < -0.39 is 0 Å². The topological polar surface area (TPSA) is 3.24 Å². The second-order valence-electron chi connectivity index (χ2n) is 4.22. The summed E-state index contributed by atoms with van der Waals surface area (Å²) in [6, 6.07) is 0. The summed E-state index contributed by atoms with van der Waals surface area (Å²) in [5.41, 5.74) is 3.29. The summed E-state index contributed by atoms with van der Waals surface area (Å²) in [6.07, 6.45) is 11.6. The Morgan fingerprint density at radius 3 is 2.54 bits per heavy atom. The molecule has 70 valence electrons. The third-order valence-electron chi connectivity index (χ3n) is 3.12. The number of hydrogen-bond donors (Lipinski definition) is 0. The highest BCUT2D eigenvalue weighted by Gasteiger charge is 2.12. The zero-order valence-corrected chi connectivity index (χ0v) is 8.55.